The van der Waals surface area contributed by atoms with Gasteiger partial charge in [0.1, 0.15) is 17.8 Å². The first-order chi connectivity index (χ1) is 33.1. The number of carbonyl (C=O) groups is 6. The third-order valence-corrected chi connectivity index (χ3v) is 10.9. The Morgan fingerprint density at radius 2 is 0.812 bits per heavy atom. The molecular formula is C51H53NO17. The first-order valence-electron chi connectivity index (χ1n) is 22.0. The average Bonchev–Trinajstić information content (AvgIpc) is 3.32. The van der Waals surface area contributed by atoms with Crippen LogP contribution in [0.4, 0.5) is 0 Å². The zero-order valence-electron chi connectivity index (χ0n) is 38.7. The van der Waals surface area contributed by atoms with Gasteiger partial charge in [-0.2, -0.15) is 5.26 Å². The summed E-state index contributed by atoms with van der Waals surface area (Å²) in [5.41, 5.74) is 1.21. The molecule has 69 heavy (non-hydrogen) atoms. The van der Waals surface area contributed by atoms with Crippen LogP contribution in [-0.4, -0.2) is 110 Å². The highest BCUT2D eigenvalue weighted by molar-refractivity contribution is 5.69. The highest BCUT2D eigenvalue weighted by Gasteiger charge is 2.56. The fourth-order valence-electron chi connectivity index (χ4n) is 8.33. The highest BCUT2D eigenvalue weighted by atomic mass is 16.8. The molecule has 18 heteroatoms. The maximum absolute atomic E-state index is 12.9. The van der Waals surface area contributed by atoms with Gasteiger partial charge in [-0.25, -0.2) is 0 Å². The van der Waals surface area contributed by atoms with Gasteiger partial charge in [0.15, 0.2) is 49.0 Å². The topological polar surface area (TPSA) is 228 Å². The number of hydrogen-bond acceptors (Lipinski definition) is 18. The molecular weight excluding hydrogens is 899 g/mol. The van der Waals surface area contributed by atoms with E-state index in [9.17, 15) is 34.0 Å². The normalized spacial score (nSPS) is 24.8. The monoisotopic (exact) mass is 951 g/mol. The number of nitriles is 1. The molecule has 11 atom stereocenters. The molecule has 0 saturated carbocycles. The fraction of sp³-hybridized carbons (Fsp3) is 0.392. The number of rotatable bonds is 18. The fourth-order valence-corrected chi connectivity index (χ4v) is 8.33. The number of hydrogen-bond donors (Lipinski definition) is 0. The number of nitrogens with zero attached hydrogens (tertiary/aromatic N) is 1. The predicted octanol–water partition coefficient (Wildman–Crippen LogP) is 5.33. The molecule has 0 aromatic heterocycles. The van der Waals surface area contributed by atoms with E-state index >= 15 is 0 Å². The summed E-state index contributed by atoms with van der Waals surface area (Å²) in [6.45, 7) is 5.53. The van der Waals surface area contributed by atoms with Crippen LogP contribution in [0.25, 0.3) is 0 Å². The molecule has 0 bridgehead atoms. The molecule has 2 heterocycles. The van der Waals surface area contributed by atoms with Crippen molar-refractivity contribution in [3.05, 3.63) is 144 Å². The molecule has 4 aromatic carbocycles. The smallest absolute Gasteiger partial charge is 0.303 e. The van der Waals surface area contributed by atoms with Crippen LogP contribution in [0.5, 0.6) is 0 Å². The Morgan fingerprint density at radius 3 is 1.20 bits per heavy atom. The highest BCUT2D eigenvalue weighted by Crippen LogP contribution is 2.42. The molecule has 2 aliphatic rings. The molecule has 0 N–H and O–H groups in total. The van der Waals surface area contributed by atoms with Crippen molar-refractivity contribution in [3.8, 4) is 6.07 Å². The third kappa shape index (κ3) is 13.0. The van der Waals surface area contributed by atoms with Gasteiger partial charge < -0.3 is 52.1 Å². The second-order valence-corrected chi connectivity index (χ2v) is 16.0. The van der Waals surface area contributed by atoms with Gasteiger partial charge in [0.2, 0.25) is 6.29 Å². The number of ether oxygens (including phenoxy) is 11. The summed E-state index contributed by atoms with van der Waals surface area (Å²) in [6, 6.07) is 38.4. The van der Waals surface area contributed by atoms with Crippen LogP contribution in [0.15, 0.2) is 121 Å². The molecule has 0 aliphatic carbocycles. The van der Waals surface area contributed by atoms with E-state index in [1.807, 2.05) is 97.1 Å². The molecule has 364 valence electrons. The van der Waals surface area contributed by atoms with Crippen molar-refractivity contribution < 1.29 is 80.9 Å². The van der Waals surface area contributed by atoms with Crippen LogP contribution in [0, 0.1) is 11.3 Å². The van der Waals surface area contributed by atoms with E-state index in [4.69, 9.17) is 52.1 Å². The molecule has 18 nitrogen and oxygen atoms in total. The van der Waals surface area contributed by atoms with Gasteiger partial charge in [-0.15, -0.1) is 0 Å². The Kier molecular flexibility index (Phi) is 17.7. The van der Waals surface area contributed by atoms with Crippen LogP contribution < -0.4 is 0 Å². The quantitative estimate of drug-likeness (QED) is 0.0697. The van der Waals surface area contributed by atoms with Gasteiger partial charge in [0.05, 0.1) is 19.3 Å². The summed E-state index contributed by atoms with van der Waals surface area (Å²) < 4.78 is 66.8. The minimum Gasteiger partial charge on any atom is -0.456 e. The summed E-state index contributed by atoms with van der Waals surface area (Å²) >= 11 is 0. The summed E-state index contributed by atoms with van der Waals surface area (Å²) in [4.78, 5) is 76.6. The predicted molar refractivity (Wildman–Crippen MR) is 238 cm³/mol. The summed E-state index contributed by atoms with van der Waals surface area (Å²) in [7, 11) is 0. The van der Waals surface area contributed by atoms with Crippen molar-refractivity contribution in [1.82, 2.24) is 0 Å². The maximum atomic E-state index is 12.9. The molecule has 0 unspecified atom stereocenters. The SMILES string of the molecule is CC(=O)O[C@@H]1[C@@H](OC(C)=O)[C@H](OC[C@H]2O[C@@H](O[C@@H](C#N)c3ccccc3)[C@H](OC(C)=O)[C@@H](OC(C)=O)[C@@H]2OC(C)=O)O[C@H](COC(c2ccccc2)(c2ccccc2)c2ccccc2)[C@H]1OC(C)=O. The van der Waals surface area contributed by atoms with E-state index in [1.54, 1.807) is 30.3 Å². The van der Waals surface area contributed by atoms with Crippen LogP contribution >= 0.6 is 0 Å². The van der Waals surface area contributed by atoms with Crippen LogP contribution in [-0.2, 0) is 86.5 Å². The molecule has 6 rings (SSSR count). The molecule has 0 amide bonds. The second kappa shape index (κ2) is 23.8. The Labute approximate surface area is 398 Å². The van der Waals surface area contributed by atoms with Gasteiger partial charge in [-0.05, 0) is 22.3 Å². The van der Waals surface area contributed by atoms with E-state index in [2.05, 4.69) is 0 Å². The lowest BCUT2D eigenvalue weighted by Gasteiger charge is -2.47. The summed E-state index contributed by atoms with van der Waals surface area (Å²) in [5, 5.41) is 10.2. The van der Waals surface area contributed by atoms with Crippen molar-refractivity contribution >= 4 is 35.8 Å². The van der Waals surface area contributed by atoms with Crippen molar-refractivity contribution in [3.63, 3.8) is 0 Å². The molecule has 4 aromatic rings. The van der Waals surface area contributed by atoms with Crippen molar-refractivity contribution in [2.24, 2.45) is 0 Å². The number of carbonyl (C=O) groups excluding carboxylic acids is 6. The van der Waals surface area contributed by atoms with Crippen molar-refractivity contribution in [1.29, 1.82) is 5.26 Å². The van der Waals surface area contributed by atoms with E-state index in [1.165, 1.54) is 0 Å². The Bertz CT molecular complexity index is 2320. The van der Waals surface area contributed by atoms with Crippen LogP contribution in [0.1, 0.15) is 69.9 Å². The first-order valence-corrected chi connectivity index (χ1v) is 22.0. The minimum absolute atomic E-state index is 0.388. The van der Waals surface area contributed by atoms with E-state index < -0.39 is 116 Å². The Hall–Kier alpha value is -7.01. The second-order valence-electron chi connectivity index (χ2n) is 16.0. The van der Waals surface area contributed by atoms with Crippen LogP contribution in [0.3, 0.4) is 0 Å². The molecule has 2 saturated heterocycles. The van der Waals surface area contributed by atoms with E-state index in [-0.39, 0.29) is 6.61 Å². The molecule has 2 aliphatic heterocycles. The lowest BCUT2D eigenvalue weighted by molar-refractivity contribution is -0.338. The van der Waals surface area contributed by atoms with Gasteiger partial charge in [-0.1, -0.05) is 121 Å². The number of esters is 6. The largest absolute Gasteiger partial charge is 0.456 e. The zero-order valence-corrected chi connectivity index (χ0v) is 38.7. The number of benzene rings is 4. The third-order valence-electron chi connectivity index (χ3n) is 10.9. The maximum Gasteiger partial charge on any atom is 0.303 e. The summed E-state index contributed by atoms with van der Waals surface area (Å²) in [5.74, 6) is -5.12. The van der Waals surface area contributed by atoms with Crippen molar-refractivity contribution in [2.75, 3.05) is 13.2 Å². The zero-order chi connectivity index (χ0) is 49.7. The molecule has 0 spiro atoms. The van der Waals surface area contributed by atoms with Crippen molar-refractivity contribution in [2.45, 2.75) is 115 Å². The first kappa shape index (κ1) is 51.4. The molecule has 0 radical (unpaired) electrons. The van der Waals surface area contributed by atoms with Gasteiger partial charge in [0.25, 0.3) is 0 Å². The lowest BCUT2D eigenvalue weighted by atomic mass is 9.80. The molecule has 2 fully saturated rings. The standard InChI is InChI=1S/C51H53NO17/c1-30(53)61-43-41(69-50(48(66-35(6)58)46(43)64-33(4)56)67-40(27-52)36-19-11-7-12-20-36)28-59-49-47(65-34(5)57)45(63-32(3)55)44(62-31(2)54)42(68-49)29-60-51(37-21-13-8-14-22-37,38-23-15-9-16-24-38)39-25-17-10-18-26-39/h7-26,40-50H,28-29H2,1-6H3/t40-,41+,42+,43+,44+,45-,46-,47+,48+,49+,50+/m0/s1. The van der Waals surface area contributed by atoms with Gasteiger partial charge in [-0.3, -0.25) is 28.8 Å². The van der Waals surface area contributed by atoms with Gasteiger partial charge in [0, 0.05) is 41.5 Å². The van der Waals surface area contributed by atoms with Crippen LogP contribution in [0.2, 0.25) is 0 Å². The van der Waals surface area contributed by atoms with E-state index in [0.29, 0.717) is 22.3 Å². The Morgan fingerprint density at radius 1 is 0.478 bits per heavy atom. The van der Waals surface area contributed by atoms with Gasteiger partial charge >= 0.3 is 35.8 Å². The minimum atomic E-state index is -1.70. The Balaban J connectivity index is 1.42. The lowest BCUT2D eigenvalue weighted by Crippen LogP contribution is -2.65. The summed E-state index contributed by atoms with van der Waals surface area (Å²) in [6.07, 6.45) is -17.0. The van der Waals surface area contributed by atoms with E-state index in [0.717, 1.165) is 41.5 Å². The average molecular weight is 952 g/mol.